The maximum Gasteiger partial charge on any atom is 0.282 e. The van der Waals surface area contributed by atoms with Gasteiger partial charge in [-0.2, -0.15) is 0 Å². The van der Waals surface area contributed by atoms with Crippen LogP contribution in [0.3, 0.4) is 0 Å². The maximum absolute atomic E-state index is 13.7. The highest BCUT2D eigenvalue weighted by Crippen LogP contribution is 2.18. The third kappa shape index (κ3) is 3.24. The first-order valence-electron chi connectivity index (χ1n) is 7.72. The number of rotatable bonds is 3. The fourth-order valence-electron chi connectivity index (χ4n) is 3.01. The zero-order valence-electron chi connectivity index (χ0n) is 12.9. The molecular formula is C18H19F2N2O+. The van der Waals surface area contributed by atoms with E-state index in [1.807, 2.05) is 12.1 Å². The molecule has 1 heterocycles. The Morgan fingerprint density at radius 1 is 1.09 bits per heavy atom. The molecule has 2 aromatic carbocycles. The van der Waals surface area contributed by atoms with Crippen molar-refractivity contribution in [2.24, 2.45) is 0 Å². The van der Waals surface area contributed by atoms with Gasteiger partial charge in [-0.25, -0.2) is 8.78 Å². The summed E-state index contributed by atoms with van der Waals surface area (Å²) in [6, 6.07) is 11.3. The van der Waals surface area contributed by atoms with Gasteiger partial charge >= 0.3 is 0 Å². The minimum Gasteiger partial charge on any atom is -0.321 e. The van der Waals surface area contributed by atoms with Crippen LogP contribution in [-0.2, 0) is 17.8 Å². The summed E-state index contributed by atoms with van der Waals surface area (Å²) in [5.41, 5.74) is 2.16. The fraction of sp³-hybridized carbons (Fsp3) is 0.278. The summed E-state index contributed by atoms with van der Waals surface area (Å²) in [7, 11) is 0. The number of benzene rings is 2. The van der Waals surface area contributed by atoms with Crippen LogP contribution in [0.5, 0.6) is 0 Å². The van der Waals surface area contributed by atoms with Gasteiger partial charge < -0.3 is 10.2 Å². The van der Waals surface area contributed by atoms with E-state index in [2.05, 4.69) is 17.4 Å². The lowest BCUT2D eigenvalue weighted by atomic mass is 9.99. The largest absolute Gasteiger partial charge is 0.321 e. The fourth-order valence-corrected chi connectivity index (χ4v) is 3.01. The average molecular weight is 317 g/mol. The van der Waals surface area contributed by atoms with Gasteiger partial charge in [-0.15, -0.1) is 0 Å². The highest BCUT2D eigenvalue weighted by molar-refractivity contribution is 5.93. The molecule has 2 N–H and O–H groups in total. The Balaban J connectivity index is 1.71. The first-order valence-corrected chi connectivity index (χ1v) is 7.72. The highest BCUT2D eigenvalue weighted by Gasteiger charge is 2.29. The topological polar surface area (TPSA) is 33.5 Å². The molecular weight excluding hydrogens is 298 g/mol. The summed E-state index contributed by atoms with van der Waals surface area (Å²) in [5.74, 6) is -1.89. The Hall–Kier alpha value is -2.27. The van der Waals surface area contributed by atoms with Crippen LogP contribution in [0.15, 0.2) is 42.5 Å². The van der Waals surface area contributed by atoms with Crippen molar-refractivity contribution in [2.45, 2.75) is 25.9 Å². The number of para-hydroxylation sites is 1. The van der Waals surface area contributed by atoms with Crippen molar-refractivity contribution in [3.05, 3.63) is 65.2 Å². The standard InChI is InChI=1S/C18H18F2N2O/c1-12(18(23)21-17-15(19)7-4-8-16(17)20)22-10-9-13-5-2-3-6-14(13)11-22/h2-8,12H,9-11H2,1H3,(H,21,23)/p+1/t12-/m1/s1. The van der Waals surface area contributed by atoms with E-state index in [1.165, 1.54) is 17.2 Å². The molecule has 0 radical (unpaired) electrons. The van der Waals surface area contributed by atoms with E-state index in [1.54, 1.807) is 6.92 Å². The van der Waals surface area contributed by atoms with E-state index >= 15 is 0 Å². The lowest BCUT2D eigenvalue weighted by Gasteiger charge is -2.30. The molecule has 5 heteroatoms. The SMILES string of the molecule is C[C@H](C(=O)Nc1c(F)cccc1F)[NH+]1CCc2ccccc2C1. The van der Waals surface area contributed by atoms with Gasteiger partial charge in [-0.3, -0.25) is 4.79 Å². The van der Waals surface area contributed by atoms with Gasteiger partial charge in [-0.1, -0.05) is 30.3 Å². The summed E-state index contributed by atoms with van der Waals surface area (Å²) in [4.78, 5) is 13.5. The van der Waals surface area contributed by atoms with Gasteiger partial charge in [0.05, 0.1) is 6.54 Å². The maximum atomic E-state index is 13.7. The highest BCUT2D eigenvalue weighted by atomic mass is 19.1. The number of amides is 1. The molecule has 1 aliphatic rings. The zero-order chi connectivity index (χ0) is 16.4. The number of anilines is 1. The van der Waals surface area contributed by atoms with Crippen molar-refractivity contribution in [3.63, 3.8) is 0 Å². The molecule has 23 heavy (non-hydrogen) atoms. The lowest BCUT2D eigenvalue weighted by Crippen LogP contribution is -3.16. The Labute approximate surface area is 133 Å². The van der Waals surface area contributed by atoms with E-state index in [-0.39, 0.29) is 17.6 Å². The molecule has 120 valence electrons. The monoisotopic (exact) mass is 317 g/mol. The zero-order valence-corrected chi connectivity index (χ0v) is 12.9. The van der Waals surface area contributed by atoms with Crippen LogP contribution in [0.2, 0.25) is 0 Å². The number of halogens is 2. The first kappa shape index (κ1) is 15.6. The third-order valence-electron chi connectivity index (χ3n) is 4.47. The molecule has 0 spiro atoms. The Kier molecular flexibility index (Phi) is 4.39. The number of hydrogen-bond donors (Lipinski definition) is 2. The van der Waals surface area contributed by atoms with Crippen LogP contribution in [0.4, 0.5) is 14.5 Å². The molecule has 3 nitrogen and oxygen atoms in total. The number of carbonyl (C=O) groups excluding carboxylic acids is 1. The van der Waals surface area contributed by atoms with Gasteiger partial charge in [0.1, 0.15) is 23.9 Å². The lowest BCUT2D eigenvalue weighted by molar-refractivity contribution is -0.929. The summed E-state index contributed by atoms with van der Waals surface area (Å²) in [5, 5.41) is 2.39. The number of quaternary nitrogens is 1. The summed E-state index contributed by atoms with van der Waals surface area (Å²) < 4.78 is 27.3. The molecule has 0 aliphatic carbocycles. The second-order valence-electron chi connectivity index (χ2n) is 5.91. The van der Waals surface area contributed by atoms with Gasteiger partial charge in [-0.05, 0) is 24.6 Å². The smallest absolute Gasteiger partial charge is 0.282 e. The number of hydrogen-bond acceptors (Lipinski definition) is 1. The molecule has 1 unspecified atom stereocenters. The molecule has 0 aromatic heterocycles. The van der Waals surface area contributed by atoms with Crippen LogP contribution in [0.25, 0.3) is 0 Å². The summed E-state index contributed by atoms with van der Waals surface area (Å²) >= 11 is 0. The minimum atomic E-state index is -0.760. The van der Waals surface area contributed by atoms with Crippen molar-refractivity contribution in [1.29, 1.82) is 0 Å². The van der Waals surface area contributed by atoms with Crippen molar-refractivity contribution in [3.8, 4) is 0 Å². The van der Waals surface area contributed by atoms with Crippen molar-refractivity contribution < 1.29 is 18.5 Å². The number of carbonyl (C=O) groups is 1. The van der Waals surface area contributed by atoms with Crippen LogP contribution >= 0.6 is 0 Å². The molecule has 0 fully saturated rings. The molecule has 0 saturated heterocycles. The van der Waals surface area contributed by atoms with Crippen LogP contribution in [0, 0.1) is 11.6 Å². The van der Waals surface area contributed by atoms with E-state index in [0.717, 1.165) is 36.5 Å². The van der Waals surface area contributed by atoms with E-state index in [4.69, 9.17) is 0 Å². The second-order valence-corrected chi connectivity index (χ2v) is 5.91. The Morgan fingerprint density at radius 2 is 1.74 bits per heavy atom. The molecule has 0 bridgehead atoms. The molecule has 3 rings (SSSR count). The quantitative estimate of drug-likeness (QED) is 0.891. The van der Waals surface area contributed by atoms with Crippen molar-refractivity contribution in [2.75, 3.05) is 11.9 Å². The number of nitrogens with one attached hydrogen (secondary N) is 2. The average Bonchev–Trinajstić information content (AvgIpc) is 2.57. The number of fused-ring (bicyclic) bond motifs is 1. The third-order valence-corrected chi connectivity index (χ3v) is 4.47. The summed E-state index contributed by atoms with van der Waals surface area (Å²) in [6.07, 6.45) is 0.900. The van der Waals surface area contributed by atoms with Gasteiger partial charge in [0.15, 0.2) is 6.04 Å². The normalized spacial score (nSPS) is 18.1. The van der Waals surface area contributed by atoms with Crippen LogP contribution in [0.1, 0.15) is 18.1 Å². The predicted octanol–water partition coefficient (Wildman–Crippen LogP) is 1.93. The van der Waals surface area contributed by atoms with Crippen molar-refractivity contribution >= 4 is 11.6 Å². The molecule has 2 aromatic rings. The van der Waals surface area contributed by atoms with Crippen LogP contribution in [-0.4, -0.2) is 18.5 Å². The molecule has 1 aliphatic heterocycles. The van der Waals surface area contributed by atoms with Crippen molar-refractivity contribution in [1.82, 2.24) is 0 Å². The predicted molar refractivity (Wildman–Crippen MR) is 84.1 cm³/mol. The summed E-state index contributed by atoms with van der Waals surface area (Å²) in [6.45, 7) is 3.35. The molecule has 2 atom stereocenters. The van der Waals surface area contributed by atoms with Crippen LogP contribution < -0.4 is 10.2 Å². The minimum absolute atomic E-state index is 0.372. The van der Waals surface area contributed by atoms with E-state index < -0.39 is 11.6 Å². The van der Waals surface area contributed by atoms with Gasteiger partial charge in [0.2, 0.25) is 0 Å². The van der Waals surface area contributed by atoms with E-state index in [0.29, 0.717) is 0 Å². The van der Waals surface area contributed by atoms with Gasteiger partial charge in [0.25, 0.3) is 5.91 Å². The Bertz CT molecular complexity index is 712. The molecule has 0 saturated carbocycles. The van der Waals surface area contributed by atoms with E-state index in [9.17, 15) is 13.6 Å². The molecule has 1 amide bonds. The Morgan fingerprint density at radius 3 is 2.43 bits per heavy atom. The first-order chi connectivity index (χ1) is 11.1. The second kappa shape index (κ2) is 6.46. The van der Waals surface area contributed by atoms with Gasteiger partial charge in [0, 0.05) is 12.0 Å².